The lowest BCUT2D eigenvalue weighted by Gasteiger charge is -2.36. The molecule has 62 heavy (non-hydrogen) atoms. The second-order valence-electron chi connectivity index (χ2n) is 15.3. The van der Waals surface area contributed by atoms with Gasteiger partial charge in [0.1, 0.15) is 4.90 Å². The highest BCUT2D eigenvalue weighted by atomic mass is 35.5. The van der Waals surface area contributed by atoms with Gasteiger partial charge in [-0.05, 0) is 104 Å². The molecule has 0 aliphatic carbocycles. The highest BCUT2D eigenvalue weighted by Gasteiger charge is 2.48. The molecule has 4 aromatic rings. The third-order valence-corrected chi connectivity index (χ3v) is 15.0. The minimum Gasteiger partial charge on any atom is -0.380 e. The third-order valence-electron chi connectivity index (χ3n) is 10.8. The second-order valence-corrected chi connectivity index (χ2v) is 20.4. The van der Waals surface area contributed by atoms with Gasteiger partial charge in [0.15, 0.2) is 0 Å². The number of sulfone groups is 1. The number of anilines is 2. The van der Waals surface area contributed by atoms with Gasteiger partial charge >= 0.3 is 5.51 Å². The van der Waals surface area contributed by atoms with Gasteiger partial charge in [-0.25, -0.2) is 30.3 Å². The Hall–Kier alpha value is -4.20. The van der Waals surface area contributed by atoms with Crippen molar-refractivity contribution in [1.29, 1.82) is 0 Å². The highest BCUT2D eigenvalue weighted by molar-refractivity contribution is 7.99. The largest absolute Gasteiger partial charge is 0.501 e. The standard InChI is InChI=1S/C43H47ClF5N5O5S3/c1-31(32-8-12-34(44)13-9-32)18-22-52-24-26-54(27-25-52)36-14-10-33(11-15-36)41(55)51-62(58,59)38-16-17-39(40(28-38)61(56,57)43(47,48)49)50-35(29-60-37-6-3-2-4-7-37)19-23-53-21-5-20-42(45,46)30-53/h2-4,6-17,28,35,50H,1,5,18-27,29-30H2,(H,51,55)/t35-/m1/s1. The molecule has 1 atom stereocenters. The number of piperidine rings is 1. The Kier molecular flexibility index (Phi) is 15.3. The van der Waals surface area contributed by atoms with E-state index in [0.29, 0.717) is 30.7 Å². The first-order valence-corrected chi connectivity index (χ1v) is 24.2. The average molecular weight is 941 g/mol. The van der Waals surface area contributed by atoms with Crippen LogP contribution in [0.5, 0.6) is 0 Å². The van der Waals surface area contributed by atoms with E-state index in [4.69, 9.17) is 11.6 Å². The van der Waals surface area contributed by atoms with Crippen molar-refractivity contribution < 1.29 is 43.6 Å². The molecule has 0 spiro atoms. The SMILES string of the molecule is C=C(CCN1CCN(c2ccc(C(=O)NS(=O)(=O)c3ccc(N[C@H](CCN4CCCC(F)(F)C4)CSc4ccccc4)c(S(=O)(=O)C(F)(F)F)c3)cc2)CC1)c1ccc(Cl)cc1. The fraction of sp³-hybridized carbons (Fsp3) is 0.372. The molecule has 0 radical (unpaired) electrons. The van der Waals surface area contributed by atoms with Gasteiger partial charge in [-0.1, -0.05) is 48.5 Å². The van der Waals surface area contributed by atoms with Crippen LogP contribution in [0.1, 0.15) is 41.6 Å². The van der Waals surface area contributed by atoms with Crippen LogP contribution in [-0.2, 0) is 19.9 Å². The van der Waals surface area contributed by atoms with Gasteiger partial charge in [-0.15, -0.1) is 11.8 Å². The monoisotopic (exact) mass is 939 g/mol. The molecule has 4 aromatic carbocycles. The van der Waals surface area contributed by atoms with Crippen LogP contribution in [-0.4, -0.2) is 108 Å². The van der Waals surface area contributed by atoms with Gasteiger partial charge in [0.2, 0.25) is 0 Å². The number of thioether (sulfide) groups is 1. The molecule has 6 rings (SSSR count). The van der Waals surface area contributed by atoms with E-state index < -0.39 is 65.3 Å². The number of hydrogen-bond donors (Lipinski definition) is 2. The van der Waals surface area contributed by atoms with Crippen LogP contribution in [0.4, 0.5) is 33.3 Å². The molecule has 19 heteroatoms. The van der Waals surface area contributed by atoms with Gasteiger partial charge in [0.05, 0.1) is 17.1 Å². The van der Waals surface area contributed by atoms with Gasteiger partial charge < -0.3 is 10.2 Å². The normalized spacial score (nSPS) is 17.0. The Morgan fingerprint density at radius 1 is 0.839 bits per heavy atom. The van der Waals surface area contributed by atoms with E-state index in [2.05, 4.69) is 21.7 Å². The number of alkyl halides is 5. The molecule has 2 saturated heterocycles. The lowest BCUT2D eigenvalue weighted by Crippen LogP contribution is -2.46. The number of sulfonamides is 1. The van der Waals surface area contributed by atoms with Crippen molar-refractivity contribution in [2.45, 2.75) is 57.8 Å². The minimum absolute atomic E-state index is 0.0525. The summed E-state index contributed by atoms with van der Waals surface area (Å²) >= 11 is 7.32. The van der Waals surface area contributed by atoms with E-state index in [1.807, 2.05) is 41.1 Å². The van der Waals surface area contributed by atoms with Crippen LogP contribution >= 0.6 is 23.4 Å². The Labute approximate surface area is 368 Å². The van der Waals surface area contributed by atoms with Gasteiger partial charge in [-0.3, -0.25) is 14.6 Å². The molecule has 0 aromatic heterocycles. The molecular weight excluding hydrogens is 893 g/mol. The molecule has 0 bridgehead atoms. The summed E-state index contributed by atoms with van der Waals surface area (Å²) in [4.78, 5) is 17.8. The number of rotatable bonds is 17. The van der Waals surface area contributed by atoms with E-state index in [-0.39, 0.29) is 37.1 Å². The lowest BCUT2D eigenvalue weighted by molar-refractivity contribution is -0.0641. The van der Waals surface area contributed by atoms with E-state index in [1.54, 1.807) is 35.2 Å². The second kappa shape index (κ2) is 20.1. The maximum absolute atomic E-state index is 14.2. The van der Waals surface area contributed by atoms with Crippen LogP contribution in [0.3, 0.4) is 0 Å². The van der Waals surface area contributed by atoms with Crippen molar-refractivity contribution in [2.24, 2.45) is 0 Å². The van der Waals surface area contributed by atoms with Gasteiger partial charge in [0, 0.05) is 78.7 Å². The van der Waals surface area contributed by atoms with Crippen molar-refractivity contribution in [3.63, 3.8) is 0 Å². The van der Waals surface area contributed by atoms with E-state index in [1.165, 1.54) is 23.9 Å². The summed E-state index contributed by atoms with van der Waals surface area (Å²) in [6, 6.07) is 24.1. The van der Waals surface area contributed by atoms with Gasteiger partial charge in [-0.2, -0.15) is 13.2 Å². The molecule has 334 valence electrons. The molecule has 2 aliphatic rings. The Morgan fingerprint density at radius 2 is 1.50 bits per heavy atom. The summed E-state index contributed by atoms with van der Waals surface area (Å²) in [6.07, 6.45) is 0.948. The summed E-state index contributed by atoms with van der Waals surface area (Å²) in [5.41, 5.74) is -3.55. The van der Waals surface area contributed by atoms with E-state index in [9.17, 15) is 43.6 Å². The predicted octanol–water partition coefficient (Wildman–Crippen LogP) is 8.67. The molecule has 0 saturated carbocycles. The van der Waals surface area contributed by atoms with Crippen molar-refractivity contribution >= 4 is 66.1 Å². The number of hydrogen-bond acceptors (Lipinski definition) is 10. The first-order chi connectivity index (χ1) is 29.3. The molecule has 2 aliphatic heterocycles. The predicted molar refractivity (Wildman–Crippen MR) is 234 cm³/mol. The van der Waals surface area contributed by atoms with Crippen molar-refractivity contribution in [1.82, 2.24) is 14.5 Å². The number of likely N-dealkylation sites (tertiary alicyclic amines) is 1. The molecule has 2 heterocycles. The Morgan fingerprint density at radius 3 is 2.15 bits per heavy atom. The molecular formula is C43H47ClF5N5O5S3. The maximum Gasteiger partial charge on any atom is 0.501 e. The molecule has 10 nitrogen and oxygen atoms in total. The van der Waals surface area contributed by atoms with Crippen molar-refractivity contribution in [3.8, 4) is 0 Å². The quantitative estimate of drug-likeness (QED) is 0.0787. The van der Waals surface area contributed by atoms with Crippen LogP contribution < -0.4 is 14.9 Å². The number of benzene rings is 4. The number of carbonyl (C=O) groups is 1. The zero-order valence-corrected chi connectivity index (χ0v) is 36.8. The molecule has 2 N–H and O–H groups in total. The summed E-state index contributed by atoms with van der Waals surface area (Å²) in [7, 11) is -11.0. The Bertz CT molecular complexity index is 2400. The summed E-state index contributed by atoms with van der Waals surface area (Å²) in [5, 5.41) is 3.50. The van der Waals surface area contributed by atoms with Crippen molar-refractivity contribution in [2.75, 3.05) is 68.3 Å². The zero-order chi connectivity index (χ0) is 44.7. The number of nitrogens with one attached hydrogen (secondary N) is 2. The first kappa shape index (κ1) is 47.3. The number of nitrogens with zero attached hydrogens (tertiary/aromatic N) is 3. The lowest BCUT2D eigenvalue weighted by atomic mass is 10.0. The Balaban J connectivity index is 1.12. The number of amides is 1. The van der Waals surface area contributed by atoms with Crippen LogP contribution in [0.25, 0.3) is 5.57 Å². The molecule has 0 unspecified atom stereocenters. The average Bonchev–Trinajstić information content (AvgIpc) is 3.23. The summed E-state index contributed by atoms with van der Waals surface area (Å²) < 4.78 is 125. The number of carbonyl (C=O) groups excluding carboxylic acids is 1. The van der Waals surface area contributed by atoms with E-state index >= 15 is 0 Å². The molecule has 1 amide bonds. The fourth-order valence-corrected chi connectivity index (χ4v) is 10.4. The smallest absolute Gasteiger partial charge is 0.380 e. The first-order valence-electron chi connectivity index (χ1n) is 19.9. The van der Waals surface area contributed by atoms with Crippen LogP contribution in [0.15, 0.2) is 118 Å². The summed E-state index contributed by atoms with van der Waals surface area (Å²) in [5.74, 6) is -3.76. The zero-order valence-electron chi connectivity index (χ0n) is 33.6. The fourth-order valence-electron chi connectivity index (χ4n) is 7.26. The topological polar surface area (TPSA) is 119 Å². The number of piperazine rings is 1. The maximum atomic E-state index is 14.2. The third kappa shape index (κ3) is 12.5. The summed E-state index contributed by atoms with van der Waals surface area (Å²) in [6.45, 7) is 8.04. The minimum atomic E-state index is -6.14. The van der Waals surface area contributed by atoms with Gasteiger partial charge in [0.25, 0.3) is 31.7 Å². The highest BCUT2D eigenvalue weighted by Crippen LogP contribution is 2.37. The molecule has 2 fully saturated rings. The van der Waals surface area contributed by atoms with Crippen LogP contribution in [0, 0.1) is 0 Å². The van der Waals surface area contributed by atoms with Crippen LogP contribution in [0.2, 0.25) is 5.02 Å². The number of halogens is 6. The van der Waals surface area contributed by atoms with E-state index in [0.717, 1.165) is 59.9 Å². The van der Waals surface area contributed by atoms with Crippen molar-refractivity contribution in [3.05, 3.63) is 120 Å².